The van der Waals surface area contributed by atoms with Gasteiger partial charge < -0.3 is 14.0 Å². The van der Waals surface area contributed by atoms with Gasteiger partial charge >= 0.3 is 0 Å². The lowest BCUT2D eigenvalue weighted by atomic mass is 10.3. The van der Waals surface area contributed by atoms with Crippen molar-refractivity contribution >= 4 is 43.2 Å². The van der Waals surface area contributed by atoms with Gasteiger partial charge in [-0.3, -0.25) is 0 Å². The van der Waals surface area contributed by atoms with Gasteiger partial charge in [-0.2, -0.15) is 8.42 Å². The van der Waals surface area contributed by atoms with E-state index in [1.807, 2.05) is 6.92 Å². The lowest BCUT2D eigenvalue weighted by Crippen LogP contribution is -2.16. The van der Waals surface area contributed by atoms with E-state index in [0.717, 1.165) is 10.2 Å². The molecule has 0 atom stereocenters. The number of fused-ring (bicyclic) bond motifs is 1. The highest BCUT2D eigenvalue weighted by Gasteiger charge is 2.18. The van der Waals surface area contributed by atoms with E-state index in [2.05, 4.69) is 4.40 Å². The molecule has 0 aliphatic rings. The van der Waals surface area contributed by atoms with E-state index in [-0.39, 0.29) is 4.90 Å². The standard InChI is InChI=1S/C17H17ClN2O4S2/c1-4-20-15-13(23-2)9-10-14(24-3)16(15)25-17(20)19-26(21,22)12-7-5-11(18)6-8-12/h5-10H,4H2,1-3H3. The van der Waals surface area contributed by atoms with Crippen LogP contribution in [0.3, 0.4) is 0 Å². The molecule has 138 valence electrons. The van der Waals surface area contributed by atoms with Crippen LogP contribution in [0.5, 0.6) is 11.5 Å². The van der Waals surface area contributed by atoms with Crippen LogP contribution in [-0.2, 0) is 16.6 Å². The molecule has 26 heavy (non-hydrogen) atoms. The van der Waals surface area contributed by atoms with E-state index >= 15 is 0 Å². The molecule has 0 N–H and O–H groups in total. The molecule has 0 saturated heterocycles. The minimum atomic E-state index is -3.88. The van der Waals surface area contributed by atoms with Gasteiger partial charge in [-0.05, 0) is 43.3 Å². The molecule has 1 heterocycles. The molecule has 0 spiro atoms. The maximum absolute atomic E-state index is 12.7. The number of aromatic nitrogens is 1. The molecule has 3 aromatic rings. The second kappa shape index (κ2) is 7.30. The summed E-state index contributed by atoms with van der Waals surface area (Å²) in [5, 5.41) is 0.462. The molecule has 9 heteroatoms. The van der Waals surface area contributed by atoms with Gasteiger partial charge in [0.15, 0.2) is 0 Å². The Morgan fingerprint density at radius 3 is 2.27 bits per heavy atom. The van der Waals surface area contributed by atoms with E-state index in [1.54, 1.807) is 30.9 Å². The van der Waals surface area contributed by atoms with Gasteiger partial charge in [-0.25, -0.2) is 0 Å². The molecule has 1 aromatic heterocycles. The SMILES string of the molecule is CCn1c(=NS(=O)(=O)c2ccc(Cl)cc2)sc2c(OC)ccc(OC)c21. The van der Waals surface area contributed by atoms with E-state index in [4.69, 9.17) is 21.1 Å². The van der Waals surface area contributed by atoms with Crippen molar-refractivity contribution in [1.82, 2.24) is 4.57 Å². The molecule has 0 aliphatic heterocycles. The lowest BCUT2D eigenvalue weighted by molar-refractivity contribution is 0.409. The Hall–Kier alpha value is -2.03. The van der Waals surface area contributed by atoms with Gasteiger partial charge in [0.25, 0.3) is 10.0 Å². The van der Waals surface area contributed by atoms with Crippen LogP contribution in [-0.4, -0.2) is 27.2 Å². The first-order valence-electron chi connectivity index (χ1n) is 7.72. The van der Waals surface area contributed by atoms with Crippen molar-refractivity contribution in [3.8, 4) is 11.5 Å². The molecule has 0 bridgehead atoms. The molecule has 6 nitrogen and oxygen atoms in total. The number of methoxy groups -OCH3 is 2. The Morgan fingerprint density at radius 2 is 1.69 bits per heavy atom. The second-order valence-electron chi connectivity index (χ2n) is 5.30. The van der Waals surface area contributed by atoms with E-state index in [9.17, 15) is 8.42 Å². The summed E-state index contributed by atoms with van der Waals surface area (Å²) in [4.78, 5) is 0.432. The largest absolute Gasteiger partial charge is 0.495 e. The maximum Gasteiger partial charge on any atom is 0.285 e. The highest BCUT2D eigenvalue weighted by Crippen LogP contribution is 2.35. The number of thiazole rings is 1. The van der Waals surface area contributed by atoms with Gasteiger partial charge in [0.05, 0.1) is 19.1 Å². The molecule has 0 fully saturated rings. The Labute approximate surface area is 160 Å². The summed E-state index contributed by atoms with van der Waals surface area (Å²) in [6, 6.07) is 9.49. The third-order valence-corrected chi connectivity index (χ3v) is 6.56. The molecular weight excluding hydrogens is 396 g/mol. The van der Waals surface area contributed by atoms with Crippen LogP contribution in [0.15, 0.2) is 45.7 Å². The molecule has 0 radical (unpaired) electrons. The molecular formula is C17H17ClN2O4S2. The van der Waals surface area contributed by atoms with Crippen molar-refractivity contribution in [2.75, 3.05) is 14.2 Å². The van der Waals surface area contributed by atoms with Gasteiger partial charge in [-0.15, -0.1) is 4.40 Å². The van der Waals surface area contributed by atoms with Crippen LogP contribution in [0.25, 0.3) is 10.2 Å². The Kier molecular flexibility index (Phi) is 5.27. The van der Waals surface area contributed by atoms with E-state index in [1.165, 1.54) is 35.6 Å². The van der Waals surface area contributed by atoms with E-state index in [0.29, 0.717) is 27.9 Å². The van der Waals surface area contributed by atoms with Crippen molar-refractivity contribution in [3.63, 3.8) is 0 Å². The first kappa shape index (κ1) is 18.8. The fraction of sp³-hybridized carbons (Fsp3) is 0.235. The molecule has 3 rings (SSSR count). The Balaban J connectivity index is 2.31. The average Bonchev–Trinajstić information content (AvgIpc) is 2.98. The van der Waals surface area contributed by atoms with Crippen LogP contribution in [0.2, 0.25) is 5.02 Å². The minimum Gasteiger partial charge on any atom is -0.495 e. The molecule has 0 aliphatic carbocycles. The van der Waals surface area contributed by atoms with Crippen LogP contribution in [0.1, 0.15) is 6.92 Å². The van der Waals surface area contributed by atoms with Gasteiger partial charge in [0.2, 0.25) is 4.80 Å². The van der Waals surface area contributed by atoms with Crippen LogP contribution in [0, 0.1) is 0 Å². The zero-order chi connectivity index (χ0) is 18.9. The number of aryl methyl sites for hydroxylation is 1. The minimum absolute atomic E-state index is 0.0842. The van der Waals surface area contributed by atoms with Crippen LogP contribution in [0.4, 0.5) is 0 Å². The summed E-state index contributed by atoms with van der Waals surface area (Å²) < 4.78 is 42.8. The molecule has 0 saturated carbocycles. The summed E-state index contributed by atoms with van der Waals surface area (Å²) in [5.41, 5.74) is 0.754. The number of hydrogen-bond donors (Lipinski definition) is 0. The zero-order valence-electron chi connectivity index (χ0n) is 14.4. The summed E-state index contributed by atoms with van der Waals surface area (Å²) >= 11 is 7.07. The topological polar surface area (TPSA) is 69.9 Å². The van der Waals surface area contributed by atoms with Gasteiger partial charge in [-0.1, -0.05) is 22.9 Å². The van der Waals surface area contributed by atoms with Crippen LogP contribution < -0.4 is 14.3 Å². The fourth-order valence-electron chi connectivity index (χ4n) is 2.58. The van der Waals surface area contributed by atoms with Crippen molar-refractivity contribution in [3.05, 3.63) is 46.2 Å². The van der Waals surface area contributed by atoms with Crippen LogP contribution >= 0.6 is 22.9 Å². The van der Waals surface area contributed by atoms with Crippen molar-refractivity contribution < 1.29 is 17.9 Å². The van der Waals surface area contributed by atoms with Gasteiger partial charge in [0, 0.05) is 11.6 Å². The monoisotopic (exact) mass is 412 g/mol. The summed E-state index contributed by atoms with van der Waals surface area (Å²) in [6.45, 7) is 2.44. The summed E-state index contributed by atoms with van der Waals surface area (Å²) in [7, 11) is -0.738. The lowest BCUT2D eigenvalue weighted by Gasteiger charge is -2.08. The van der Waals surface area contributed by atoms with Crippen molar-refractivity contribution in [1.29, 1.82) is 0 Å². The van der Waals surface area contributed by atoms with Gasteiger partial charge in [0.1, 0.15) is 21.7 Å². The number of halogens is 1. The smallest absolute Gasteiger partial charge is 0.285 e. The number of nitrogens with zero attached hydrogens (tertiary/aromatic N) is 2. The molecule has 0 unspecified atom stereocenters. The number of rotatable bonds is 5. The summed E-state index contributed by atoms with van der Waals surface area (Å²) in [5.74, 6) is 1.27. The first-order chi connectivity index (χ1) is 12.4. The van der Waals surface area contributed by atoms with E-state index < -0.39 is 10.0 Å². The number of sulfonamides is 1. The predicted molar refractivity (Wildman–Crippen MR) is 103 cm³/mol. The highest BCUT2D eigenvalue weighted by molar-refractivity contribution is 7.90. The first-order valence-corrected chi connectivity index (χ1v) is 10.4. The fourth-order valence-corrected chi connectivity index (χ4v) is 5.11. The average molecular weight is 413 g/mol. The second-order valence-corrected chi connectivity index (χ2v) is 8.32. The maximum atomic E-state index is 12.7. The predicted octanol–water partition coefficient (Wildman–Crippen LogP) is 3.68. The number of hydrogen-bond acceptors (Lipinski definition) is 5. The van der Waals surface area contributed by atoms with Crippen molar-refractivity contribution in [2.24, 2.45) is 4.40 Å². The van der Waals surface area contributed by atoms with Crippen molar-refractivity contribution in [2.45, 2.75) is 18.4 Å². The third-order valence-electron chi connectivity index (χ3n) is 3.82. The molecule has 2 aromatic carbocycles. The number of benzene rings is 2. The Bertz CT molecular complexity index is 1120. The third kappa shape index (κ3) is 3.32. The number of ether oxygens (including phenoxy) is 2. The highest BCUT2D eigenvalue weighted by atomic mass is 35.5. The molecule has 0 amide bonds. The Morgan fingerprint density at radius 1 is 1.08 bits per heavy atom. The normalized spacial score (nSPS) is 12.5. The quantitative estimate of drug-likeness (QED) is 0.640. The summed E-state index contributed by atoms with van der Waals surface area (Å²) in [6.07, 6.45) is 0. The zero-order valence-corrected chi connectivity index (χ0v) is 16.8.